The van der Waals surface area contributed by atoms with Crippen LogP contribution in [0.15, 0.2) is 0 Å². The van der Waals surface area contributed by atoms with Crippen LogP contribution in [0.5, 0.6) is 0 Å². The molecule has 0 amide bonds. The van der Waals surface area contributed by atoms with E-state index in [0.717, 1.165) is 6.92 Å². The second-order valence-electron chi connectivity index (χ2n) is 10.5. The number of carbonyl (C=O) groups is 2. The predicted octanol–water partition coefficient (Wildman–Crippen LogP) is -9.63. The van der Waals surface area contributed by atoms with E-state index < -0.39 is 135 Å². The lowest BCUT2D eigenvalue weighted by Gasteiger charge is -2.47. The molecule has 0 saturated carbocycles. The van der Waals surface area contributed by atoms with Crippen molar-refractivity contribution in [1.82, 2.24) is 0 Å². The lowest BCUT2D eigenvalue weighted by atomic mass is 9.79. The summed E-state index contributed by atoms with van der Waals surface area (Å²) in [5, 5.41) is 133. The molecule has 0 spiro atoms. The minimum Gasteiger partial charge on any atom is -0.477 e. The van der Waals surface area contributed by atoms with Gasteiger partial charge in [-0.05, 0) is 6.92 Å². The van der Waals surface area contributed by atoms with Gasteiger partial charge in [0.25, 0.3) is 5.79 Å². The summed E-state index contributed by atoms with van der Waals surface area (Å²) in [6.07, 6.45) is -22.7. The monoisotopic (exact) mass is 651 g/mol. The van der Waals surface area contributed by atoms with Gasteiger partial charge in [-0.1, -0.05) is 0 Å². The molecule has 3 rings (SSSR count). The zero-order chi connectivity index (χ0) is 33.8. The normalized spacial score (nSPS) is 45.9. The first kappa shape index (κ1) is 38.6. The SMILES string of the molecule is CC(=O)C1[C@H](O)[C@@H](N)[C@H]([C@H](O)[C@H](O)CO)OC1(O)C(=O)O.OC[C@H]1O[C@@H](O[C@H]2[C@H](O)[C@@H](O)C(O)O[C@@H]2CO)[C@H](O)[C@@H](O)[C@H]1O. The van der Waals surface area contributed by atoms with Crippen LogP contribution in [-0.2, 0) is 28.5 Å². The van der Waals surface area contributed by atoms with Crippen LogP contribution in [0.4, 0.5) is 0 Å². The second kappa shape index (κ2) is 15.8. The summed E-state index contributed by atoms with van der Waals surface area (Å²) in [6, 6.07) is -1.46. The smallest absolute Gasteiger partial charge is 0.365 e. The average molecular weight is 652 g/mol. The zero-order valence-electron chi connectivity index (χ0n) is 23.1. The van der Waals surface area contributed by atoms with Gasteiger partial charge >= 0.3 is 5.97 Å². The fraction of sp³-hybridized carbons (Fsp3) is 0.913. The molecule has 0 aliphatic carbocycles. The first-order valence-corrected chi connectivity index (χ1v) is 13.2. The Hall–Kier alpha value is -1.58. The molecule has 0 radical (unpaired) electrons. The summed E-state index contributed by atoms with van der Waals surface area (Å²) in [6.45, 7) is -1.29. The number of ketones is 1. The van der Waals surface area contributed by atoms with Gasteiger partial charge in [0.15, 0.2) is 12.6 Å². The molecule has 258 valence electrons. The Kier molecular flexibility index (Phi) is 13.9. The minimum atomic E-state index is -3.11. The van der Waals surface area contributed by atoms with Crippen molar-refractivity contribution in [3.63, 3.8) is 0 Å². The highest BCUT2D eigenvalue weighted by molar-refractivity contribution is 5.88. The molecular formula is C23H41NO20. The number of rotatable bonds is 9. The van der Waals surface area contributed by atoms with Crippen LogP contribution in [0, 0.1) is 5.92 Å². The molecule has 0 aromatic rings. The Balaban J connectivity index is 0.000000308. The number of carboxylic acid groups (broad SMARTS) is 1. The van der Waals surface area contributed by atoms with Gasteiger partial charge in [0.05, 0.1) is 32.0 Å². The molecule has 17 atom stereocenters. The van der Waals surface area contributed by atoms with Crippen molar-refractivity contribution in [2.45, 2.75) is 105 Å². The van der Waals surface area contributed by atoms with Crippen LogP contribution in [0.2, 0.25) is 0 Å². The molecule has 0 bridgehead atoms. The van der Waals surface area contributed by atoms with Crippen molar-refractivity contribution < 1.29 is 100 Å². The molecule has 3 aliphatic heterocycles. The summed E-state index contributed by atoms with van der Waals surface area (Å²) < 4.78 is 20.1. The summed E-state index contributed by atoms with van der Waals surface area (Å²) in [5.41, 5.74) is 5.58. The highest BCUT2D eigenvalue weighted by Gasteiger charge is 2.61. The van der Waals surface area contributed by atoms with Crippen molar-refractivity contribution in [1.29, 1.82) is 0 Å². The molecule has 3 fully saturated rings. The van der Waals surface area contributed by atoms with Crippen LogP contribution < -0.4 is 5.73 Å². The van der Waals surface area contributed by atoms with Crippen LogP contribution in [0.25, 0.3) is 0 Å². The maximum atomic E-state index is 11.5. The average Bonchev–Trinajstić information content (AvgIpc) is 2.98. The second-order valence-corrected chi connectivity index (χ2v) is 10.5. The van der Waals surface area contributed by atoms with Crippen molar-refractivity contribution in [2.75, 3.05) is 19.8 Å². The van der Waals surface area contributed by atoms with Crippen molar-refractivity contribution in [2.24, 2.45) is 11.7 Å². The van der Waals surface area contributed by atoms with Gasteiger partial charge in [-0.3, -0.25) is 4.79 Å². The van der Waals surface area contributed by atoms with Crippen LogP contribution in [0.1, 0.15) is 6.92 Å². The quantitative estimate of drug-likeness (QED) is 0.110. The van der Waals surface area contributed by atoms with Gasteiger partial charge in [0.1, 0.15) is 78.8 Å². The molecule has 3 unspecified atom stereocenters. The molecule has 21 nitrogen and oxygen atoms in total. The van der Waals surface area contributed by atoms with Crippen LogP contribution >= 0.6 is 0 Å². The fourth-order valence-corrected chi connectivity index (χ4v) is 4.90. The number of aliphatic hydroxyl groups excluding tert-OH is 12. The first-order chi connectivity index (χ1) is 20.4. The van der Waals surface area contributed by atoms with E-state index in [4.69, 9.17) is 40.0 Å². The third kappa shape index (κ3) is 7.86. The summed E-state index contributed by atoms with van der Waals surface area (Å²) >= 11 is 0. The van der Waals surface area contributed by atoms with Gasteiger partial charge in [-0.25, -0.2) is 4.79 Å². The molecule has 21 heteroatoms. The summed E-state index contributed by atoms with van der Waals surface area (Å²) in [4.78, 5) is 22.6. The molecule has 0 aromatic heterocycles. The van der Waals surface area contributed by atoms with Gasteiger partial charge < -0.3 is 96.2 Å². The van der Waals surface area contributed by atoms with Gasteiger partial charge in [-0.15, -0.1) is 0 Å². The largest absolute Gasteiger partial charge is 0.477 e. The van der Waals surface area contributed by atoms with E-state index in [1.165, 1.54) is 0 Å². The van der Waals surface area contributed by atoms with E-state index in [1.54, 1.807) is 0 Å². The molecular weight excluding hydrogens is 610 g/mol. The van der Waals surface area contributed by atoms with E-state index in [-0.39, 0.29) is 0 Å². The Morgan fingerprint density at radius 2 is 1.41 bits per heavy atom. The lowest BCUT2D eigenvalue weighted by molar-refractivity contribution is -0.355. The maximum absolute atomic E-state index is 11.5. The number of aliphatic hydroxyl groups is 13. The number of aliphatic carboxylic acids is 1. The molecule has 16 N–H and O–H groups in total. The number of Topliss-reactive ketones (excluding diaryl/α,β-unsaturated/α-hetero) is 1. The number of ether oxygens (including phenoxy) is 4. The van der Waals surface area contributed by atoms with E-state index in [0.29, 0.717) is 0 Å². The predicted molar refractivity (Wildman–Crippen MR) is 133 cm³/mol. The van der Waals surface area contributed by atoms with Crippen molar-refractivity contribution in [3.05, 3.63) is 0 Å². The third-order valence-electron chi connectivity index (χ3n) is 7.49. The van der Waals surface area contributed by atoms with Gasteiger partial charge in [0.2, 0.25) is 0 Å². The highest BCUT2D eigenvalue weighted by Crippen LogP contribution is 2.35. The van der Waals surface area contributed by atoms with Gasteiger partial charge in [-0.2, -0.15) is 0 Å². The third-order valence-corrected chi connectivity index (χ3v) is 7.49. The molecule has 3 saturated heterocycles. The Morgan fingerprint density at radius 3 is 1.89 bits per heavy atom. The Bertz CT molecular complexity index is 941. The molecule has 44 heavy (non-hydrogen) atoms. The van der Waals surface area contributed by atoms with Gasteiger partial charge in [0, 0.05) is 0 Å². The first-order valence-electron chi connectivity index (χ1n) is 13.2. The fourth-order valence-electron chi connectivity index (χ4n) is 4.90. The number of carboxylic acids is 1. The number of hydrogen-bond acceptors (Lipinski definition) is 20. The number of carbonyl (C=O) groups excluding carboxylic acids is 1. The highest BCUT2D eigenvalue weighted by atomic mass is 16.7. The van der Waals surface area contributed by atoms with E-state index in [9.17, 15) is 65.8 Å². The molecule has 0 aromatic carbocycles. The molecule has 3 heterocycles. The van der Waals surface area contributed by atoms with Crippen molar-refractivity contribution >= 4 is 11.8 Å². The van der Waals surface area contributed by atoms with Crippen LogP contribution in [-0.4, -0.2) is 201 Å². The maximum Gasteiger partial charge on any atom is 0.365 e. The zero-order valence-corrected chi connectivity index (χ0v) is 23.1. The van der Waals surface area contributed by atoms with E-state index in [1.807, 2.05) is 0 Å². The number of hydrogen-bond donors (Lipinski definition) is 15. The Labute approximate surface area is 248 Å². The summed E-state index contributed by atoms with van der Waals surface area (Å²) in [7, 11) is 0. The molecule has 3 aliphatic rings. The van der Waals surface area contributed by atoms with Crippen LogP contribution in [0.3, 0.4) is 0 Å². The number of nitrogens with two attached hydrogens (primary N) is 1. The topological polar surface area (TPSA) is 380 Å². The standard InChI is InChI=1S/C12H22O11.C11H19NO9/c13-1-3-5(15)6(16)9(19)12(22-3)23-10-4(2-14)21-11(20)8(18)7(10)17;1-3(14)5-8(17)6(12)9(7(16)4(15)2-13)21-11(5,20)10(18)19/h3-20H,1-2H2;4-9,13,15-17,20H,2,12H2,1H3,(H,18,19)/t3-,4-,5+,6+,7-,8-,9-,10-,11?,12+;4-,5?,6-,7-,8+,9-,11?/m11/s1. The lowest BCUT2D eigenvalue weighted by Crippen LogP contribution is -2.71. The van der Waals surface area contributed by atoms with E-state index >= 15 is 0 Å². The Morgan fingerprint density at radius 1 is 0.841 bits per heavy atom. The minimum absolute atomic E-state index is 0.667. The van der Waals surface area contributed by atoms with E-state index in [2.05, 4.69) is 0 Å². The summed E-state index contributed by atoms with van der Waals surface area (Å²) in [5.74, 6) is -7.80. The van der Waals surface area contributed by atoms with Crippen molar-refractivity contribution in [3.8, 4) is 0 Å².